The van der Waals surface area contributed by atoms with Crippen LogP contribution in [-0.4, -0.2) is 21.1 Å². The summed E-state index contributed by atoms with van der Waals surface area (Å²) in [6.07, 6.45) is 0. The van der Waals surface area contributed by atoms with Gasteiger partial charge in [0.25, 0.3) is 5.91 Å². The summed E-state index contributed by atoms with van der Waals surface area (Å²) in [6.45, 7) is 5.90. The Kier molecular flexibility index (Phi) is 4.25. The van der Waals surface area contributed by atoms with Gasteiger partial charge in [0.15, 0.2) is 0 Å². The van der Waals surface area contributed by atoms with Crippen molar-refractivity contribution in [1.29, 1.82) is 0 Å². The highest BCUT2D eigenvalue weighted by Crippen LogP contribution is 2.25. The molecule has 5 nitrogen and oxygen atoms in total. The first-order valence-electron chi connectivity index (χ1n) is 7.40. The van der Waals surface area contributed by atoms with Crippen molar-refractivity contribution in [3.8, 4) is 11.3 Å². The predicted octanol–water partition coefficient (Wildman–Crippen LogP) is 3.64. The van der Waals surface area contributed by atoms with Crippen LogP contribution < -0.4 is 5.32 Å². The minimum atomic E-state index is -0.169. The molecule has 0 saturated heterocycles. The number of thiazole rings is 1. The molecule has 1 amide bonds. The Bertz CT molecular complexity index is 822. The molecular formula is C17H18N4OS. The molecule has 3 rings (SSSR count). The number of benzene rings is 1. The molecule has 0 aliphatic rings. The van der Waals surface area contributed by atoms with Crippen LogP contribution in [0.4, 0.5) is 0 Å². The van der Waals surface area contributed by atoms with Gasteiger partial charge in [0, 0.05) is 10.4 Å². The van der Waals surface area contributed by atoms with E-state index in [0.29, 0.717) is 5.69 Å². The number of carbonyl (C=O) groups is 1. The van der Waals surface area contributed by atoms with Crippen LogP contribution in [0.25, 0.3) is 11.3 Å². The average molecular weight is 326 g/mol. The molecule has 0 unspecified atom stereocenters. The first kappa shape index (κ1) is 15.4. The largest absolute Gasteiger partial charge is 0.343 e. The van der Waals surface area contributed by atoms with Gasteiger partial charge in [0.2, 0.25) is 0 Å². The molecule has 0 spiro atoms. The topological polar surface area (TPSA) is 70.7 Å². The Morgan fingerprint density at radius 2 is 2.00 bits per heavy atom. The van der Waals surface area contributed by atoms with Gasteiger partial charge in [-0.15, -0.1) is 11.3 Å². The maximum absolute atomic E-state index is 12.4. The van der Waals surface area contributed by atoms with E-state index in [4.69, 9.17) is 0 Å². The number of carbonyl (C=O) groups excluding carboxylic acids is 1. The van der Waals surface area contributed by atoms with Crippen LogP contribution in [0.3, 0.4) is 0 Å². The summed E-state index contributed by atoms with van der Waals surface area (Å²) < 4.78 is 0. The summed E-state index contributed by atoms with van der Waals surface area (Å²) in [4.78, 5) is 17.9. The van der Waals surface area contributed by atoms with Crippen molar-refractivity contribution in [2.75, 3.05) is 0 Å². The van der Waals surface area contributed by atoms with Crippen molar-refractivity contribution >= 4 is 17.2 Å². The van der Waals surface area contributed by atoms with Gasteiger partial charge >= 0.3 is 0 Å². The zero-order valence-electron chi connectivity index (χ0n) is 13.3. The highest BCUT2D eigenvalue weighted by Gasteiger charge is 2.18. The van der Waals surface area contributed by atoms with Crippen LogP contribution in [0, 0.1) is 13.8 Å². The van der Waals surface area contributed by atoms with E-state index in [2.05, 4.69) is 20.5 Å². The maximum Gasteiger partial charge on any atom is 0.269 e. The second kappa shape index (κ2) is 6.34. The zero-order chi connectivity index (χ0) is 16.4. The summed E-state index contributed by atoms with van der Waals surface area (Å²) in [5.41, 5.74) is 3.16. The van der Waals surface area contributed by atoms with E-state index >= 15 is 0 Å². The van der Waals surface area contributed by atoms with Crippen LogP contribution in [-0.2, 0) is 0 Å². The van der Waals surface area contributed by atoms with Crippen LogP contribution in [0.5, 0.6) is 0 Å². The minimum Gasteiger partial charge on any atom is -0.343 e. The Morgan fingerprint density at radius 1 is 1.26 bits per heavy atom. The number of nitrogens with one attached hydrogen (secondary N) is 2. The van der Waals surface area contributed by atoms with Crippen LogP contribution >= 0.6 is 11.3 Å². The number of H-pyrrole nitrogens is 1. The van der Waals surface area contributed by atoms with E-state index in [1.807, 2.05) is 51.1 Å². The second-order valence-electron chi connectivity index (χ2n) is 5.41. The number of rotatable bonds is 4. The molecular weight excluding hydrogens is 308 g/mol. The lowest BCUT2D eigenvalue weighted by Crippen LogP contribution is -2.26. The Morgan fingerprint density at radius 3 is 2.65 bits per heavy atom. The fraction of sp³-hybridized carbons (Fsp3) is 0.235. The molecule has 23 heavy (non-hydrogen) atoms. The Hall–Kier alpha value is -2.47. The molecule has 0 aliphatic heterocycles. The number of aryl methyl sites for hydroxylation is 2. The molecule has 0 fully saturated rings. The SMILES string of the molecule is Cc1nc(C)c([C@@H](C)NC(=O)c2cc(-c3ccccc3)n[nH]2)s1. The summed E-state index contributed by atoms with van der Waals surface area (Å²) in [6, 6.07) is 11.4. The normalized spacial score (nSPS) is 12.1. The molecule has 2 heterocycles. The predicted molar refractivity (Wildman–Crippen MR) is 91.5 cm³/mol. The highest BCUT2D eigenvalue weighted by molar-refractivity contribution is 7.11. The number of hydrogen-bond donors (Lipinski definition) is 2. The third-order valence-corrected chi connectivity index (χ3v) is 4.83. The molecule has 1 aromatic carbocycles. The van der Waals surface area contributed by atoms with Crippen molar-refractivity contribution in [3.63, 3.8) is 0 Å². The number of nitrogens with zero attached hydrogens (tertiary/aromatic N) is 2. The van der Waals surface area contributed by atoms with E-state index in [9.17, 15) is 4.79 Å². The van der Waals surface area contributed by atoms with Crippen molar-refractivity contribution in [1.82, 2.24) is 20.5 Å². The van der Waals surface area contributed by atoms with Gasteiger partial charge in [0.1, 0.15) is 5.69 Å². The first-order chi connectivity index (χ1) is 11.0. The summed E-state index contributed by atoms with van der Waals surface area (Å²) in [5, 5.41) is 11.0. The second-order valence-corrected chi connectivity index (χ2v) is 6.65. The molecule has 2 N–H and O–H groups in total. The Balaban J connectivity index is 1.74. The Labute approximate surface area is 138 Å². The van der Waals surface area contributed by atoms with Gasteiger partial charge in [-0.05, 0) is 26.8 Å². The fourth-order valence-corrected chi connectivity index (χ4v) is 3.41. The van der Waals surface area contributed by atoms with Gasteiger partial charge in [-0.2, -0.15) is 5.10 Å². The third-order valence-electron chi connectivity index (χ3n) is 3.57. The maximum atomic E-state index is 12.4. The standard InChI is InChI=1S/C17H18N4OS/c1-10-16(23-12(3)18-10)11(2)19-17(22)15-9-14(20-21-15)13-7-5-4-6-8-13/h4-9,11H,1-3H3,(H,19,22)(H,20,21)/t11-/m1/s1. The smallest absolute Gasteiger partial charge is 0.269 e. The third kappa shape index (κ3) is 3.32. The number of aromatic amines is 1. The number of hydrogen-bond acceptors (Lipinski definition) is 4. The molecule has 0 aliphatic carbocycles. The van der Waals surface area contributed by atoms with Crippen molar-refractivity contribution in [2.24, 2.45) is 0 Å². The van der Waals surface area contributed by atoms with Crippen LogP contribution in [0.2, 0.25) is 0 Å². The van der Waals surface area contributed by atoms with Crippen LogP contribution in [0.15, 0.2) is 36.4 Å². The number of aromatic nitrogens is 3. The van der Waals surface area contributed by atoms with Crippen molar-refractivity contribution in [3.05, 3.63) is 57.7 Å². The van der Waals surface area contributed by atoms with Crippen molar-refractivity contribution < 1.29 is 4.79 Å². The monoisotopic (exact) mass is 326 g/mol. The van der Waals surface area contributed by atoms with E-state index < -0.39 is 0 Å². The van der Waals surface area contributed by atoms with E-state index in [-0.39, 0.29) is 11.9 Å². The van der Waals surface area contributed by atoms with Gasteiger partial charge in [-0.3, -0.25) is 9.89 Å². The van der Waals surface area contributed by atoms with Gasteiger partial charge in [-0.25, -0.2) is 4.98 Å². The fourth-order valence-electron chi connectivity index (χ4n) is 2.48. The molecule has 0 radical (unpaired) electrons. The lowest BCUT2D eigenvalue weighted by Gasteiger charge is -2.11. The summed E-state index contributed by atoms with van der Waals surface area (Å²) in [7, 11) is 0. The summed E-state index contributed by atoms with van der Waals surface area (Å²) in [5.74, 6) is -0.169. The molecule has 3 aromatic rings. The number of amides is 1. The molecule has 0 saturated carbocycles. The average Bonchev–Trinajstić information content (AvgIpc) is 3.15. The van der Waals surface area contributed by atoms with E-state index in [0.717, 1.165) is 26.8 Å². The minimum absolute atomic E-state index is 0.0859. The van der Waals surface area contributed by atoms with E-state index in [1.54, 1.807) is 17.4 Å². The highest BCUT2D eigenvalue weighted by atomic mass is 32.1. The quantitative estimate of drug-likeness (QED) is 0.769. The van der Waals surface area contributed by atoms with Gasteiger partial charge in [-0.1, -0.05) is 30.3 Å². The molecule has 1 atom stereocenters. The van der Waals surface area contributed by atoms with Gasteiger partial charge < -0.3 is 5.32 Å². The van der Waals surface area contributed by atoms with Crippen LogP contribution in [0.1, 0.15) is 39.0 Å². The molecule has 0 bridgehead atoms. The molecule has 6 heteroatoms. The lowest BCUT2D eigenvalue weighted by atomic mass is 10.1. The molecule has 2 aromatic heterocycles. The van der Waals surface area contributed by atoms with E-state index in [1.165, 1.54) is 0 Å². The molecule has 118 valence electrons. The summed E-state index contributed by atoms with van der Waals surface area (Å²) >= 11 is 1.61. The lowest BCUT2D eigenvalue weighted by molar-refractivity contribution is 0.0935. The van der Waals surface area contributed by atoms with Crippen molar-refractivity contribution in [2.45, 2.75) is 26.8 Å². The zero-order valence-corrected chi connectivity index (χ0v) is 14.1. The first-order valence-corrected chi connectivity index (χ1v) is 8.22. The van der Waals surface area contributed by atoms with Gasteiger partial charge in [0.05, 0.1) is 22.4 Å².